The van der Waals surface area contributed by atoms with Crippen LogP contribution in [0.5, 0.6) is 0 Å². The van der Waals surface area contributed by atoms with Crippen LogP contribution in [0.15, 0.2) is 60.0 Å². The van der Waals surface area contributed by atoms with Crippen molar-refractivity contribution >= 4 is 28.1 Å². The zero-order chi connectivity index (χ0) is 16.9. The van der Waals surface area contributed by atoms with Crippen molar-refractivity contribution in [2.75, 3.05) is 5.32 Å². The van der Waals surface area contributed by atoms with Gasteiger partial charge in [-0.15, -0.1) is 11.3 Å². The molecule has 0 aliphatic heterocycles. The number of benzene rings is 2. The molecule has 0 fully saturated rings. The van der Waals surface area contributed by atoms with Crippen molar-refractivity contribution in [1.82, 2.24) is 4.98 Å². The number of aromatic nitrogens is 1. The third-order valence-electron chi connectivity index (χ3n) is 3.33. The van der Waals surface area contributed by atoms with Gasteiger partial charge in [-0.05, 0) is 5.56 Å². The van der Waals surface area contributed by atoms with Gasteiger partial charge in [0.2, 0.25) is 5.91 Å². The number of hydrogen-bond acceptors (Lipinski definition) is 5. The van der Waals surface area contributed by atoms with Gasteiger partial charge < -0.3 is 5.32 Å². The number of nitrogens with zero attached hydrogens (tertiary/aromatic N) is 2. The fourth-order valence-corrected chi connectivity index (χ4v) is 2.89. The number of nitro benzene ring substituents is 1. The predicted molar refractivity (Wildman–Crippen MR) is 93.0 cm³/mol. The SMILES string of the molecule is O=C(Cc1ccc([N+](=O)[O-])cc1)Nc1nc(-c2ccccc2)cs1. The molecule has 1 N–H and O–H groups in total. The molecule has 1 amide bonds. The molecular weight excluding hydrogens is 326 g/mol. The molecule has 7 heteroatoms. The van der Waals surface area contributed by atoms with E-state index < -0.39 is 4.92 Å². The van der Waals surface area contributed by atoms with Crippen molar-refractivity contribution in [2.24, 2.45) is 0 Å². The summed E-state index contributed by atoms with van der Waals surface area (Å²) in [6.07, 6.45) is 0.137. The van der Waals surface area contributed by atoms with Gasteiger partial charge >= 0.3 is 0 Å². The molecule has 0 unspecified atom stereocenters. The normalized spacial score (nSPS) is 10.3. The highest BCUT2D eigenvalue weighted by molar-refractivity contribution is 7.14. The summed E-state index contributed by atoms with van der Waals surface area (Å²) in [6.45, 7) is 0. The Kier molecular flexibility index (Phi) is 4.62. The van der Waals surface area contributed by atoms with Crippen molar-refractivity contribution in [2.45, 2.75) is 6.42 Å². The summed E-state index contributed by atoms with van der Waals surface area (Å²) in [6, 6.07) is 15.6. The van der Waals surface area contributed by atoms with E-state index in [0.29, 0.717) is 10.7 Å². The maximum atomic E-state index is 12.1. The maximum Gasteiger partial charge on any atom is 0.269 e. The first kappa shape index (κ1) is 15.8. The number of thiazole rings is 1. The van der Waals surface area contributed by atoms with Gasteiger partial charge in [0.1, 0.15) is 0 Å². The van der Waals surface area contributed by atoms with Crippen LogP contribution in [0.3, 0.4) is 0 Å². The molecule has 0 saturated heterocycles. The monoisotopic (exact) mass is 339 g/mol. The highest BCUT2D eigenvalue weighted by atomic mass is 32.1. The Balaban J connectivity index is 1.63. The Hall–Kier alpha value is -3.06. The summed E-state index contributed by atoms with van der Waals surface area (Å²) in [4.78, 5) is 26.6. The van der Waals surface area contributed by atoms with Gasteiger partial charge in [0.05, 0.1) is 17.0 Å². The Morgan fingerprint density at radius 1 is 1.12 bits per heavy atom. The molecule has 6 nitrogen and oxygen atoms in total. The summed E-state index contributed by atoms with van der Waals surface area (Å²) < 4.78 is 0. The molecule has 2 aromatic carbocycles. The number of carbonyl (C=O) groups excluding carboxylic acids is 1. The molecule has 1 aromatic heterocycles. The molecule has 0 atom stereocenters. The van der Waals surface area contributed by atoms with E-state index in [1.807, 2.05) is 35.7 Å². The molecule has 0 aliphatic carbocycles. The van der Waals surface area contributed by atoms with Crippen molar-refractivity contribution in [1.29, 1.82) is 0 Å². The second-order valence-electron chi connectivity index (χ2n) is 5.05. The first-order valence-corrected chi connectivity index (χ1v) is 8.04. The lowest BCUT2D eigenvalue weighted by atomic mass is 10.1. The molecule has 3 aromatic rings. The minimum absolute atomic E-state index is 0.00610. The van der Waals surface area contributed by atoms with Crippen LogP contribution >= 0.6 is 11.3 Å². The Labute approximate surface area is 141 Å². The van der Waals surface area contributed by atoms with E-state index in [1.54, 1.807) is 12.1 Å². The van der Waals surface area contributed by atoms with E-state index in [-0.39, 0.29) is 18.0 Å². The minimum Gasteiger partial charge on any atom is -0.302 e. The number of carbonyl (C=O) groups is 1. The third kappa shape index (κ3) is 3.82. The van der Waals surface area contributed by atoms with Crippen LogP contribution in [0.4, 0.5) is 10.8 Å². The second kappa shape index (κ2) is 7.01. The van der Waals surface area contributed by atoms with Gasteiger partial charge in [0.25, 0.3) is 5.69 Å². The smallest absolute Gasteiger partial charge is 0.269 e. The largest absolute Gasteiger partial charge is 0.302 e. The molecular formula is C17H13N3O3S. The highest BCUT2D eigenvalue weighted by Crippen LogP contribution is 2.24. The summed E-state index contributed by atoms with van der Waals surface area (Å²) in [7, 11) is 0. The zero-order valence-electron chi connectivity index (χ0n) is 12.5. The van der Waals surface area contributed by atoms with Gasteiger partial charge in [0.15, 0.2) is 5.13 Å². The van der Waals surface area contributed by atoms with E-state index in [0.717, 1.165) is 11.3 Å². The number of anilines is 1. The molecule has 1 heterocycles. The van der Waals surface area contributed by atoms with E-state index in [1.165, 1.54) is 23.5 Å². The minimum atomic E-state index is -0.468. The summed E-state index contributed by atoms with van der Waals surface area (Å²) in [5.41, 5.74) is 2.51. The Morgan fingerprint density at radius 3 is 2.50 bits per heavy atom. The molecule has 0 radical (unpaired) electrons. The van der Waals surface area contributed by atoms with Crippen molar-refractivity contribution in [3.63, 3.8) is 0 Å². The van der Waals surface area contributed by atoms with Gasteiger partial charge in [-0.1, -0.05) is 42.5 Å². The second-order valence-corrected chi connectivity index (χ2v) is 5.91. The topological polar surface area (TPSA) is 85.1 Å². The quantitative estimate of drug-likeness (QED) is 0.564. The lowest BCUT2D eigenvalue weighted by Gasteiger charge is -2.02. The van der Waals surface area contributed by atoms with E-state index >= 15 is 0 Å². The number of rotatable bonds is 5. The summed E-state index contributed by atoms with van der Waals surface area (Å²) in [5.74, 6) is -0.210. The van der Waals surface area contributed by atoms with Crippen molar-refractivity contribution in [3.05, 3.63) is 75.7 Å². The molecule has 3 rings (SSSR count). The lowest BCUT2D eigenvalue weighted by Crippen LogP contribution is -2.14. The molecule has 24 heavy (non-hydrogen) atoms. The molecule has 120 valence electrons. The van der Waals surface area contributed by atoms with Gasteiger partial charge in [0, 0.05) is 23.1 Å². The number of amides is 1. The number of non-ortho nitro benzene ring substituents is 1. The van der Waals surface area contributed by atoms with E-state index in [9.17, 15) is 14.9 Å². The summed E-state index contributed by atoms with van der Waals surface area (Å²) in [5, 5.41) is 15.8. The Bertz CT molecular complexity index is 860. The number of hydrogen-bond donors (Lipinski definition) is 1. The Morgan fingerprint density at radius 2 is 1.83 bits per heavy atom. The van der Waals surface area contributed by atoms with Crippen LogP contribution in [-0.2, 0) is 11.2 Å². The van der Waals surface area contributed by atoms with Crippen LogP contribution in [0.2, 0.25) is 0 Å². The molecule has 0 saturated carbocycles. The zero-order valence-corrected chi connectivity index (χ0v) is 13.3. The fourth-order valence-electron chi connectivity index (χ4n) is 2.16. The van der Waals surface area contributed by atoms with Crippen LogP contribution in [0.25, 0.3) is 11.3 Å². The molecule has 0 spiro atoms. The lowest BCUT2D eigenvalue weighted by molar-refractivity contribution is -0.384. The number of nitro groups is 1. The highest BCUT2D eigenvalue weighted by Gasteiger charge is 2.10. The third-order valence-corrected chi connectivity index (χ3v) is 4.09. The van der Waals surface area contributed by atoms with Gasteiger partial charge in [-0.25, -0.2) is 4.98 Å². The predicted octanol–water partition coefficient (Wildman–Crippen LogP) is 3.90. The van der Waals surface area contributed by atoms with Crippen molar-refractivity contribution in [3.8, 4) is 11.3 Å². The van der Waals surface area contributed by atoms with Crippen LogP contribution in [0, 0.1) is 10.1 Å². The van der Waals surface area contributed by atoms with Crippen LogP contribution in [0.1, 0.15) is 5.56 Å². The average molecular weight is 339 g/mol. The standard InChI is InChI=1S/C17H13N3O3S/c21-16(10-12-6-8-14(9-7-12)20(22)23)19-17-18-15(11-24-17)13-4-2-1-3-5-13/h1-9,11H,10H2,(H,18,19,21). The molecule has 0 aliphatic rings. The first-order chi connectivity index (χ1) is 11.6. The fraction of sp³-hybridized carbons (Fsp3) is 0.0588. The van der Waals surface area contributed by atoms with Crippen molar-refractivity contribution < 1.29 is 9.72 Å². The van der Waals surface area contributed by atoms with Gasteiger partial charge in [-0.3, -0.25) is 14.9 Å². The van der Waals surface area contributed by atoms with Crippen LogP contribution in [-0.4, -0.2) is 15.8 Å². The first-order valence-electron chi connectivity index (χ1n) is 7.16. The molecule has 0 bridgehead atoms. The van der Waals surface area contributed by atoms with Crippen LogP contribution < -0.4 is 5.32 Å². The average Bonchev–Trinajstić information content (AvgIpc) is 3.04. The maximum absolute atomic E-state index is 12.1. The van der Waals surface area contributed by atoms with E-state index in [4.69, 9.17) is 0 Å². The van der Waals surface area contributed by atoms with Gasteiger partial charge in [-0.2, -0.15) is 0 Å². The van der Waals surface area contributed by atoms with E-state index in [2.05, 4.69) is 10.3 Å². The number of nitrogens with one attached hydrogen (secondary N) is 1. The summed E-state index contributed by atoms with van der Waals surface area (Å²) >= 11 is 1.36.